The summed E-state index contributed by atoms with van der Waals surface area (Å²) >= 11 is 0. The first-order valence-corrected chi connectivity index (χ1v) is 11.3. The van der Waals surface area contributed by atoms with Crippen LogP contribution in [0.5, 0.6) is 0 Å². The summed E-state index contributed by atoms with van der Waals surface area (Å²) in [4.78, 5) is 0. The van der Waals surface area contributed by atoms with Gasteiger partial charge in [-0.2, -0.15) is 0 Å². The van der Waals surface area contributed by atoms with Gasteiger partial charge in [0.2, 0.25) is 0 Å². The molecule has 0 fully saturated rings. The second-order valence-corrected chi connectivity index (χ2v) is 13.7. The molecule has 0 saturated heterocycles. The van der Waals surface area contributed by atoms with Gasteiger partial charge in [0.05, 0.1) is 0 Å². The molecule has 4 heteroatoms. The molecule has 1 nitrogen and oxygen atoms in total. The van der Waals surface area contributed by atoms with Gasteiger partial charge in [-0.05, 0) is 48.0 Å². The maximum absolute atomic E-state index is 3.70. The molecule has 0 aromatic rings. The molecule has 1 N–H and O–H groups in total. The summed E-state index contributed by atoms with van der Waals surface area (Å²) in [5.41, 5.74) is 3.50. The fourth-order valence-electron chi connectivity index (χ4n) is 2.77. The van der Waals surface area contributed by atoms with Crippen molar-refractivity contribution in [2.24, 2.45) is 0 Å². The maximum atomic E-state index is 3.70. The van der Waals surface area contributed by atoms with Gasteiger partial charge in [0, 0.05) is 20.1 Å². The number of rotatable bonds is 10. The van der Waals surface area contributed by atoms with Crippen LogP contribution in [0.4, 0.5) is 0 Å². The van der Waals surface area contributed by atoms with Crippen LogP contribution in [0.25, 0.3) is 0 Å². The van der Waals surface area contributed by atoms with E-state index in [0.717, 1.165) is 22.6 Å². The van der Waals surface area contributed by atoms with Crippen molar-refractivity contribution in [2.75, 3.05) is 25.4 Å². The zero-order valence-corrected chi connectivity index (χ0v) is 19.0. The van der Waals surface area contributed by atoms with Crippen LogP contribution in [0.15, 0.2) is 0 Å². The quantitative estimate of drug-likeness (QED) is 0.324. The van der Waals surface area contributed by atoms with E-state index in [-0.39, 0.29) is 35.9 Å². The van der Waals surface area contributed by atoms with Crippen molar-refractivity contribution in [3.05, 3.63) is 0 Å². The third-order valence-corrected chi connectivity index (χ3v) is 10.5. The molecule has 0 aliphatic rings. The molecule has 0 amide bonds. The fraction of sp³-hybridized carbons (Fsp3) is 1.00. The molecule has 0 aromatic carbocycles. The Hall–Kier alpha value is 1.47. The van der Waals surface area contributed by atoms with Crippen molar-refractivity contribution in [3.8, 4) is 0 Å². The van der Waals surface area contributed by atoms with E-state index in [4.69, 9.17) is 0 Å². The Morgan fingerprint density at radius 1 is 0.600 bits per heavy atom. The Labute approximate surface area is 144 Å². The summed E-state index contributed by atoms with van der Waals surface area (Å²) in [7, 11) is 0.415. The largest absolute Gasteiger partial charge is 0.316 e. The fourth-order valence-corrected chi connectivity index (χ4v) is 8.05. The molecule has 0 rings (SSSR count). The van der Waals surface area contributed by atoms with E-state index >= 15 is 0 Å². The molecule has 0 bridgehead atoms. The molecule has 0 aliphatic carbocycles. The second kappa shape index (κ2) is 13.0. The average molecular weight is 498 g/mol. The smallest absolute Gasteiger partial charge is 0 e. The third kappa shape index (κ3) is 10.2. The van der Waals surface area contributed by atoms with E-state index in [0.29, 0.717) is 0 Å². The molecule has 125 valence electrons. The maximum Gasteiger partial charge on any atom is 0 e. The first-order valence-electron chi connectivity index (χ1n) is 7.99. The molecule has 0 aliphatic heterocycles. The summed E-state index contributed by atoms with van der Waals surface area (Å²) in [5, 5.41) is 3.70. The van der Waals surface area contributed by atoms with Gasteiger partial charge in [-0.1, -0.05) is 55.4 Å². The molecule has 1 radical (unpaired) electrons. The van der Waals surface area contributed by atoms with Gasteiger partial charge >= 0.3 is 0 Å². The van der Waals surface area contributed by atoms with Crippen LogP contribution in [0, 0.1) is 0 Å². The summed E-state index contributed by atoms with van der Waals surface area (Å²) in [6, 6.07) is 0. The van der Waals surface area contributed by atoms with Crippen LogP contribution < -0.4 is 5.32 Å². The van der Waals surface area contributed by atoms with E-state index in [2.05, 4.69) is 60.7 Å². The minimum Gasteiger partial charge on any atom is -0.316 e. The van der Waals surface area contributed by atoms with Crippen LogP contribution in [-0.4, -0.2) is 48.0 Å². The van der Waals surface area contributed by atoms with E-state index in [1.54, 1.807) is 0 Å². The first kappa shape index (κ1) is 23.7. The third-order valence-electron chi connectivity index (χ3n) is 3.75. The number of hydrogen-bond acceptors (Lipinski definition) is 1. The van der Waals surface area contributed by atoms with Crippen LogP contribution in [0.1, 0.15) is 55.4 Å². The van der Waals surface area contributed by atoms with E-state index in [1.807, 2.05) is 0 Å². The van der Waals surface area contributed by atoms with Gasteiger partial charge in [-0.15, -0.1) is 15.8 Å². The van der Waals surface area contributed by atoms with Gasteiger partial charge in [0.1, 0.15) is 0 Å². The van der Waals surface area contributed by atoms with Crippen molar-refractivity contribution in [3.63, 3.8) is 0 Å². The molecule has 0 atom stereocenters. The topological polar surface area (TPSA) is 12.0 Å². The predicted octanol–water partition coefficient (Wildman–Crippen LogP) is 5.17. The van der Waals surface area contributed by atoms with Crippen molar-refractivity contribution in [1.29, 1.82) is 0 Å². The van der Waals surface area contributed by atoms with E-state index in [9.17, 15) is 0 Å². The Morgan fingerprint density at radius 2 is 0.850 bits per heavy atom. The van der Waals surface area contributed by atoms with Crippen molar-refractivity contribution < 1.29 is 20.1 Å². The Morgan fingerprint density at radius 3 is 1.05 bits per heavy atom. The molecule has 20 heavy (non-hydrogen) atoms. The van der Waals surface area contributed by atoms with Gasteiger partial charge in [0.15, 0.2) is 0 Å². The van der Waals surface area contributed by atoms with Crippen LogP contribution in [0.3, 0.4) is 0 Å². The summed E-state index contributed by atoms with van der Waals surface area (Å²) in [6.07, 6.45) is 2.79. The predicted molar refractivity (Wildman–Crippen MR) is 97.0 cm³/mol. The van der Waals surface area contributed by atoms with Gasteiger partial charge in [0.25, 0.3) is 0 Å². The summed E-state index contributed by atoms with van der Waals surface area (Å²) in [6.45, 7) is 21.6. The zero-order valence-electron chi connectivity index (χ0n) is 14.9. The minimum absolute atomic E-state index is 0. The molecular formula is C16H37IrNP2. The first-order chi connectivity index (χ1) is 8.77. The molecule has 0 aromatic heterocycles. The van der Waals surface area contributed by atoms with Crippen molar-refractivity contribution in [2.45, 2.75) is 78.0 Å². The van der Waals surface area contributed by atoms with E-state index in [1.165, 1.54) is 25.4 Å². The molecular weight excluding hydrogens is 460 g/mol. The molecule has 0 spiro atoms. The second-order valence-electron chi connectivity index (χ2n) is 6.60. The van der Waals surface area contributed by atoms with Gasteiger partial charge in [-0.3, -0.25) is 0 Å². The number of hydrogen-bond donors (Lipinski definition) is 1. The SMILES string of the molecule is CC(C)P(CCNCCP(C(C)C)C(C)C)C(C)C.[Ir]. The van der Waals surface area contributed by atoms with Crippen molar-refractivity contribution >= 4 is 15.8 Å². The molecule has 0 unspecified atom stereocenters. The minimum atomic E-state index is 0. The summed E-state index contributed by atoms with van der Waals surface area (Å²) in [5.74, 6) is 0. The molecule has 0 saturated carbocycles. The van der Waals surface area contributed by atoms with Crippen LogP contribution in [-0.2, 0) is 20.1 Å². The van der Waals surface area contributed by atoms with Gasteiger partial charge in [-0.25, -0.2) is 0 Å². The zero-order chi connectivity index (χ0) is 15.0. The van der Waals surface area contributed by atoms with Gasteiger partial charge < -0.3 is 5.32 Å². The Bertz CT molecular complexity index is 183. The monoisotopic (exact) mass is 498 g/mol. The standard InChI is InChI=1S/C16H37NP2.Ir/c1-13(2)18(14(3)4)11-9-17-10-12-19(15(5)6)16(7)8;/h13-17H,9-12H2,1-8H3;. The molecule has 0 heterocycles. The number of nitrogens with one attached hydrogen (secondary N) is 1. The van der Waals surface area contributed by atoms with Crippen LogP contribution >= 0.6 is 15.8 Å². The van der Waals surface area contributed by atoms with E-state index < -0.39 is 0 Å². The average Bonchev–Trinajstić information content (AvgIpc) is 2.25. The summed E-state index contributed by atoms with van der Waals surface area (Å²) < 4.78 is 0. The Balaban J connectivity index is 0. The van der Waals surface area contributed by atoms with Crippen molar-refractivity contribution in [1.82, 2.24) is 5.32 Å². The normalized spacial score (nSPS) is 12.3. The Kier molecular flexibility index (Phi) is 15.4. The van der Waals surface area contributed by atoms with Crippen LogP contribution in [0.2, 0.25) is 0 Å².